The van der Waals surface area contributed by atoms with Crippen LogP contribution in [0.3, 0.4) is 0 Å². The summed E-state index contributed by atoms with van der Waals surface area (Å²) in [6.07, 6.45) is 1.71. The Kier molecular flexibility index (Phi) is 4.08. The molecule has 3 N–H and O–H groups in total. The smallest absolute Gasteiger partial charge is 0.150 e. The van der Waals surface area contributed by atoms with E-state index in [0.29, 0.717) is 13.2 Å². The summed E-state index contributed by atoms with van der Waals surface area (Å²) in [4.78, 5) is -0.0275. The first-order chi connectivity index (χ1) is 8.58. The molecule has 1 aliphatic rings. The third-order valence-corrected chi connectivity index (χ3v) is 3.07. The Morgan fingerprint density at radius 1 is 1.39 bits per heavy atom. The molecule has 1 fully saturated rings. The predicted octanol–water partition coefficient (Wildman–Crippen LogP) is 2.19. The number of anilines is 1. The standard InChI is InChI=1S/C12H14F2N2OS/c13-9-4-7(12(15)18)5-10(14)11(9)16-8-2-1-3-17-6-8/h4-5,8,16H,1-3,6H2,(H2,15,18). The molecule has 0 saturated carbocycles. The molecule has 0 aromatic heterocycles. The number of rotatable bonds is 3. The Hall–Kier alpha value is -1.27. The van der Waals surface area contributed by atoms with Crippen molar-refractivity contribution in [1.82, 2.24) is 0 Å². The molecule has 0 bridgehead atoms. The van der Waals surface area contributed by atoms with Gasteiger partial charge in [-0.1, -0.05) is 12.2 Å². The van der Waals surface area contributed by atoms with Gasteiger partial charge in [-0.2, -0.15) is 0 Å². The van der Waals surface area contributed by atoms with Crippen LogP contribution >= 0.6 is 12.2 Å². The van der Waals surface area contributed by atoms with Crippen molar-refractivity contribution in [2.24, 2.45) is 5.73 Å². The molecule has 6 heteroatoms. The van der Waals surface area contributed by atoms with Gasteiger partial charge in [0.2, 0.25) is 0 Å². The second-order valence-electron chi connectivity index (χ2n) is 4.24. The van der Waals surface area contributed by atoms with Crippen molar-refractivity contribution in [3.8, 4) is 0 Å². The fourth-order valence-corrected chi connectivity index (χ4v) is 2.03. The Morgan fingerprint density at radius 2 is 2.06 bits per heavy atom. The van der Waals surface area contributed by atoms with Gasteiger partial charge in [0.1, 0.15) is 22.3 Å². The van der Waals surface area contributed by atoms with Crippen molar-refractivity contribution >= 4 is 22.9 Å². The van der Waals surface area contributed by atoms with Crippen LogP contribution in [0.15, 0.2) is 12.1 Å². The van der Waals surface area contributed by atoms with E-state index in [1.807, 2.05) is 0 Å². The predicted molar refractivity (Wildman–Crippen MR) is 69.7 cm³/mol. The van der Waals surface area contributed by atoms with Gasteiger partial charge in [-0.3, -0.25) is 0 Å². The van der Waals surface area contributed by atoms with Crippen molar-refractivity contribution in [3.05, 3.63) is 29.3 Å². The summed E-state index contributed by atoms with van der Waals surface area (Å²) in [5, 5.41) is 2.82. The molecule has 98 valence electrons. The fraction of sp³-hybridized carbons (Fsp3) is 0.417. The van der Waals surface area contributed by atoms with E-state index in [2.05, 4.69) is 5.32 Å². The minimum absolute atomic E-state index is 0.0275. The highest BCUT2D eigenvalue weighted by atomic mass is 32.1. The Morgan fingerprint density at radius 3 is 2.56 bits per heavy atom. The number of thiocarbonyl (C=S) groups is 1. The molecule has 1 unspecified atom stereocenters. The summed E-state index contributed by atoms with van der Waals surface area (Å²) in [5.74, 6) is -1.38. The van der Waals surface area contributed by atoms with Gasteiger partial charge in [-0.05, 0) is 25.0 Å². The zero-order valence-electron chi connectivity index (χ0n) is 9.71. The van der Waals surface area contributed by atoms with Gasteiger partial charge >= 0.3 is 0 Å². The number of ether oxygens (including phenoxy) is 1. The average molecular weight is 272 g/mol. The molecule has 0 radical (unpaired) electrons. The highest BCUT2D eigenvalue weighted by molar-refractivity contribution is 7.80. The van der Waals surface area contributed by atoms with E-state index in [1.165, 1.54) is 0 Å². The highest BCUT2D eigenvalue weighted by Gasteiger charge is 2.18. The third-order valence-electron chi connectivity index (χ3n) is 2.84. The van der Waals surface area contributed by atoms with Crippen molar-refractivity contribution in [2.75, 3.05) is 18.5 Å². The number of benzene rings is 1. The molecule has 1 atom stereocenters. The first-order valence-electron chi connectivity index (χ1n) is 5.71. The molecule has 0 aliphatic carbocycles. The minimum Gasteiger partial charge on any atom is -0.389 e. The molecule has 0 amide bonds. The summed E-state index contributed by atoms with van der Waals surface area (Å²) in [6.45, 7) is 1.15. The molecule has 1 aromatic carbocycles. The molecule has 18 heavy (non-hydrogen) atoms. The van der Waals surface area contributed by atoms with E-state index < -0.39 is 11.6 Å². The summed E-state index contributed by atoms with van der Waals surface area (Å²) in [5.41, 5.74) is 5.38. The SMILES string of the molecule is NC(=S)c1cc(F)c(NC2CCCOC2)c(F)c1. The number of halogens is 2. The van der Waals surface area contributed by atoms with E-state index in [4.69, 9.17) is 22.7 Å². The largest absolute Gasteiger partial charge is 0.389 e. The lowest BCUT2D eigenvalue weighted by atomic mass is 10.1. The molecular formula is C12H14F2N2OS. The third kappa shape index (κ3) is 2.94. The number of nitrogens with one attached hydrogen (secondary N) is 1. The van der Waals surface area contributed by atoms with Crippen molar-refractivity contribution < 1.29 is 13.5 Å². The molecule has 1 aliphatic heterocycles. The molecular weight excluding hydrogens is 258 g/mol. The van der Waals surface area contributed by atoms with Gasteiger partial charge < -0.3 is 15.8 Å². The molecule has 2 rings (SSSR count). The van der Waals surface area contributed by atoms with Crippen LogP contribution in [0.5, 0.6) is 0 Å². The maximum atomic E-state index is 13.8. The van der Waals surface area contributed by atoms with Gasteiger partial charge in [0.15, 0.2) is 0 Å². The van der Waals surface area contributed by atoms with Gasteiger partial charge in [0, 0.05) is 18.2 Å². The molecule has 3 nitrogen and oxygen atoms in total. The second kappa shape index (κ2) is 5.58. The first-order valence-corrected chi connectivity index (χ1v) is 6.12. The van der Waals surface area contributed by atoms with Crippen molar-refractivity contribution in [2.45, 2.75) is 18.9 Å². The monoisotopic (exact) mass is 272 g/mol. The average Bonchev–Trinajstić information content (AvgIpc) is 2.34. The number of hydrogen-bond acceptors (Lipinski definition) is 3. The Labute approximate surface area is 109 Å². The maximum absolute atomic E-state index is 13.8. The lowest BCUT2D eigenvalue weighted by Crippen LogP contribution is -2.30. The van der Waals surface area contributed by atoms with E-state index in [1.54, 1.807) is 0 Å². The zero-order chi connectivity index (χ0) is 13.1. The van der Waals surface area contributed by atoms with Crippen LogP contribution in [-0.4, -0.2) is 24.2 Å². The first kappa shape index (κ1) is 13.2. The molecule has 1 aromatic rings. The van der Waals surface area contributed by atoms with E-state index >= 15 is 0 Å². The lowest BCUT2D eigenvalue weighted by Gasteiger charge is -2.24. The van der Waals surface area contributed by atoms with Crippen LogP contribution in [0.25, 0.3) is 0 Å². The van der Waals surface area contributed by atoms with Crippen LogP contribution < -0.4 is 11.1 Å². The second-order valence-corrected chi connectivity index (χ2v) is 4.68. The van der Waals surface area contributed by atoms with Gasteiger partial charge in [-0.15, -0.1) is 0 Å². The summed E-state index contributed by atoms with van der Waals surface area (Å²) in [6, 6.07) is 2.20. The molecule has 0 spiro atoms. The van der Waals surface area contributed by atoms with E-state index in [-0.39, 0.29) is 22.3 Å². The summed E-state index contributed by atoms with van der Waals surface area (Å²) < 4.78 is 32.8. The van der Waals surface area contributed by atoms with E-state index in [9.17, 15) is 8.78 Å². The van der Waals surface area contributed by atoms with Gasteiger partial charge in [0.25, 0.3) is 0 Å². The van der Waals surface area contributed by atoms with Crippen LogP contribution in [0.1, 0.15) is 18.4 Å². The summed E-state index contributed by atoms with van der Waals surface area (Å²) in [7, 11) is 0. The number of nitrogens with two attached hydrogens (primary N) is 1. The summed E-state index contributed by atoms with van der Waals surface area (Å²) >= 11 is 4.69. The van der Waals surface area contributed by atoms with Crippen LogP contribution in [0, 0.1) is 11.6 Å². The maximum Gasteiger partial charge on any atom is 0.150 e. The van der Waals surface area contributed by atoms with Crippen molar-refractivity contribution in [3.63, 3.8) is 0 Å². The highest BCUT2D eigenvalue weighted by Crippen LogP contribution is 2.23. The zero-order valence-corrected chi connectivity index (χ0v) is 10.5. The van der Waals surface area contributed by atoms with Crippen LogP contribution in [0.2, 0.25) is 0 Å². The molecule has 1 saturated heterocycles. The Balaban J connectivity index is 2.19. The van der Waals surface area contributed by atoms with Gasteiger partial charge in [-0.25, -0.2) is 8.78 Å². The topological polar surface area (TPSA) is 47.3 Å². The minimum atomic E-state index is -0.691. The lowest BCUT2D eigenvalue weighted by molar-refractivity contribution is 0.0874. The fourth-order valence-electron chi connectivity index (χ4n) is 1.91. The quantitative estimate of drug-likeness (QED) is 0.828. The van der Waals surface area contributed by atoms with Gasteiger partial charge in [0.05, 0.1) is 6.61 Å². The number of hydrogen-bond donors (Lipinski definition) is 2. The van der Waals surface area contributed by atoms with Crippen LogP contribution in [-0.2, 0) is 4.74 Å². The Bertz CT molecular complexity index is 438. The van der Waals surface area contributed by atoms with E-state index in [0.717, 1.165) is 25.0 Å². The normalized spacial score (nSPS) is 19.6. The van der Waals surface area contributed by atoms with Crippen molar-refractivity contribution in [1.29, 1.82) is 0 Å². The van der Waals surface area contributed by atoms with Crippen LogP contribution in [0.4, 0.5) is 14.5 Å². The molecule has 1 heterocycles.